The first-order valence-electron chi connectivity index (χ1n) is 5.24. The maximum atomic E-state index is 11.6. The van der Waals surface area contributed by atoms with Gasteiger partial charge < -0.3 is 10.4 Å². The molecule has 0 aliphatic rings. The summed E-state index contributed by atoms with van der Waals surface area (Å²) in [5, 5.41) is 11.3. The molecule has 2 N–H and O–H groups in total. The van der Waals surface area contributed by atoms with Gasteiger partial charge in [-0.3, -0.25) is 9.59 Å². The van der Waals surface area contributed by atoms with E-state index in [2.05, 4.69) is 27.9 Å². The second-order valence-corrected chi connectivity index (χ2v) is 5.21. The van der Waals surface area contributed by atoms with Gasteiger partial charge in [-0.15, -0.1) is 0 Å². The number of aliphatic carboxylic acids is 1. The molecule has 0 heterocycles. The Morgan fingerprint density at radius 1 is 1.41 bits per heavy atom. The molecule has 0 aliphatic heterocycles. The fourth-order valence-corrected chi connectivity index (χ4v) is 2.01. The van der Waals surface area contributed by atoms with Crippen LogP contribution in [-0.4, -0.2) is 17.0 Å². The molecule has 0 saturated carbocycles. The number of rotatable bonds is 5. The van der Waals surface area contributed by atoms with Gasteiger partial charge in [0.1, 0.15) is 0 Å². The first-order valence-corrected chi connectivity index (χ1v) is 6.32. The Morgan fingerprint density at radius 3 is 2.71 bits per heavy atom. The lowest BCUT2D eigenvalue weighted by atomic mass is 10.0. The molecule has 0 spiro atoms. The van der Waals surface area contributed by atoms with Crippen molar-refractivity contribution in [1.29, 1.82) is 0 Å². The molecule has 92 valence electrons. The van der Waals surface area contributed by atoms with Crippen LogP contribution >= 0.6 is 22.6 Å². The minimum Gasteiger partial charge on any atom is -0.481 e. The van der Waals surface area contributed by atoms with Gasteiger partial charge in [0.25, 0.3) is 0 Å². The van der Waals surface area contributed by atoms with Gasteiger partial charge in [-0.25, -0.2) is 0 Å². The van der Waals surface area contributed by atoms with Crippen molar-refractivity contribution < 1.29 is 14.7 Å². The number of nitrogens with one attached hydrogen (secondary N) is 1. The van der Waals surface area contributed by atoms with Gasteiger partial charge in [0.2, 0.25) is 5.91 Å². The molecule has 17 heavy (non-hydrogen) atoms. The largest absolute Gasteiger partial charge is 0.481 e. The van der Waals surface area contributed by atoms with Gasteiger partial charge in [0.05, 0.1) is 0 Å². The van der Waals surface area contributed by atoms with E-state index < -0.39 is 5.97 Å². The molecule has 1 aromatic rings. The Hall–Kier alpha value is -1.11. The minimum atomic E-state index is -0.875. The van der Waals surface area contributed by atoms with E-state index >= 15 is 0 Å². The van der Waals surface area contributed by atoms with Crippen LogP contribution in [0.4, 0.5) is 5.69 Å². The van der Waals surface area contributed by atoms with Crippen LogP contribution in [0.15, 0.2) is 24.3 Å². The Bertz CT molecular complexity index is 420. The van der Waals surface area contributed by atoms with E-state index in [0.717, 1.165) is 9.26 Å². The summed E-state index contributed by atoms with van der Waals surface area (Å²) in [6.45, 7) is 1.75. The number of carbonyl (C=O) groups excluding carboxylic acids is 1. The molecule has 5 heteroatoms. The number of halogens is 1. The maximum absolute atomic E-state index is 11.6. The molecular weight excluding hydrogens is 333 g/mol. The predicted molar refractivity (Wildman–Crippen MR) is 73.8 cm³/mol. The van der Waals surface area contributed by atoms with Crippen LogP contribution in [-0.2, 0) is 9.59 Å². The van der Waals surface area contributed by atoms with Crippen molar-refractivity contribution in [3.05, 3.63) is 27.8 Å². The molecule has 1 rings (SSSR count). The van der Waals surface area contributed by atoms with Gasteiger partial charge in [-0.05, 0) is 46.7 Å². The van der Waals surface area contributed by atoms with Crippen molar-refractivity contribution in [2.24, 2.45) is 5.92 Å². The minimum absolute atomic E-state index is 0.0136. The third kappa shape index (κ3) is 5.67. The standard InChI is InChI=1S/C12H14INO3/c1-8(6-12(16)17)5-11(15)14-10-4-2-3-9(13)7-10/h2-4,7-8H,5-6H2,1H3,(H,14,15)(H,16,17). The van der Waals surface area contributed by atoms with Crippen LogP contribution < -0.4 is 5.32 Å². The van der Waals surface area contributed by atoms with Gasteiger partial charge in [-0.2, -0.15) is 0 Å². The summed E-state index contributed by atoms with van der Waals surface area (Å²) in [5.74, 6) is -1.18. The quantitative estimate of drug-likeness (QED) is 0.805. The molecule has 4 nitrogen and oxygen atoms in total. The zero-order chi connectivity index (χ0) is 12.8. The zero-order valence-electron chi connectivity index (χ0n) is 9.44. The molecule has 1 aromatic carbocycles. The number of anilines is 1. The summed E-state index contributed by atoms with van der Waals surface area (Å²) >= 11 is 2.16. The number of hydrogen-bond acceptors (Lipinski definition) is 2. The van der Waals surface area contributed by atoms with Crippen LogP contribution in [0.3, 0.4) is 0 Å². The average Bonchev–Trinajstić information content (AvgIpc) is 2.14. The van der Waals surface area contributed by atoms with Gasteiger partial charge >= 0.3 is 5.97 Å². The number of carboxylic acids is 1. The lowest BCUT2D eigenvalue weighted by Gasteiger charge is -2.09. The fraction of sp³-hybridized carbons (Fsp3) is 0.333. The summed E-state index contributed by atoms with van der Waals surface area (Å²) in [5.41, 5.74) is 0.740. The first kappa shape index (κ1) is 14.0. The van der Waals surface area contributed by atoms with Gasteiger partial charge in [0, 0.05) is 22.1 Å². The zero-order valence-corrected chi connectivity index (χ0v) is 11.6. The Balaban J connectivity index is 2.47. The predicted octanol–water partition coefficient (Wildman–Crippen LogP) is 2.73. The van der Waals surface area contributed by atoms with E-state index in [1.807, 2.05) is 24.3 Å². The van der Waals surface area contributed by atoms with Crippen molar-refractivity contribution in [3.8, 4) is 0 Å². The molecule has 1 atom stereocenters. The Kier molecular flexibility index (Phi) is 5.40. The number of amides is 1. The third-order valence-electron chi connectivity index (χ3n) is 2.17. The second kappa shape index (κ2) is 6.58. The molecule has 0 fully saturated rings. The number of carbonyl (C=O) groups is 2. The van der Waals surface area contributed by atoms with Crippen molar-refractivity contribution in [2.45, 2.75) is 19.8 Å². The van der Waals surface area contributed by atoms with Gasteiger partial charge in [-0.1, -0.05) is 13.0 Å². The monoisotopic (exact) mass is 347 g/mol. The highest BCUT2D eigenvalue weighted by Gasteiger charge is 2.12. The van der Waals surface area contributed by atoms with Crippen molar-refractivity contribution in [3.63, 3.8) is 0 Å². The summed E-state index contributed by atoms with van der Waals surface area (Å²) in [4.78, 5) is 22.1. The number of hydrogen-bond donors (Lipinski definition) is 2. The topological polar surface area (TPSA) is 66.4 Å². The van der Waals surface area contributed by atoms with Crippen LogP contribution in [0.25, 0.3) is 0 Å². The lowest BCUT2D eigenvalue weighted by Crippen LogP contribution is -2.16. The second-order valence-electron chi connectivity index (χ2n) is 3.97. The molecule has 0 aromatic heterocycles. The summed E-state index contributed by atoms with van der Waals surface area (Å²) < 4.78 is 1.04. The van der Waals surface area contributed by atoms with Crippen molar-refractivity contribution >= 4 is 40.2 Å². The van der Waals surface area contributed by atoms with E-state index in [1.165, 1.54) is 0 Å². The Morgan fingerprint density at radius 2 is 2.12 bits per heavy atom. The molecular formula is C12H14INO3. The number of benzene rings is 1. The van der Waals surface area contributed by atoms with E-state index in [9.17, 15) is 9.59 Å². The summed E-state index contributed by atoms with van der Waals surface area (Å²) in [7, 11) is 0. The van der Waals surface area contributed by atoms with Crippen molar-refractivity contribution in [1.82, 2.24) is 0 Å². The number of carboxylic acid groups (broad SMARTS) is 1. The Labute approximate surface area is 114 Å². The molecule has 0 radical (unpaired) electrons. The molecule has 1 unspecified atom stereocenters. The van der Waals surface area contributed by atoms with Crippen LogP contribution in [0, 0.1) is 9.49 Å². The smallest absolute Gasteiger partial charge is 0.303 e. The van der Waals surface area contributed by atoms with E-state index in [1.54, 1.807) is 6.92 Å². The highest BCUT2D eigenvalue weighted by atomic mass is 127. The first-order chi connectivity index (χ1) is 7.97. The van der Waals surface area contributed by atoms with Crippen LogP contribution in [0.5, 0.6) is 0 Å². The highest BCUT2D eigenvalue weighted by Crippen LogP contribution is 2.14. The molecule has 0 bridgehead atoms. The summed E-state index contributed by atoms with van der Waals surface area (Å²) in [6.07, 6.45) is 0.234. The van der Waals surface area contributed by atoms with Crippen LogP contribution in [0.2, 0.25) is 0 Å². The fourth-order valence-electron chi connectivity index (χ4n) is 1.47. The van der Waals surface area contributed by atoms with Crippen molar-refractivity contribution in [2.75, 3.05) is 5.32 Å². The lowest BCUT2D eigenvalue weighted by molar-refractivity contribution is -0.138. The van der Waals surface area contributed by atoms with E-state index in [4.69, 9.17) is 5.11 Å². The third-order valence-corrected chi connectivity index (χ3v) is 2.84. The molecule has 0 saturated heterocycles. The normalized spacial score (nSPS) is 11.9. The SMILES string of the molecule is CC(CC(=O)O)CC(=O)Nc1cccc(I)c1. The highest BCUT2D eigenvalue weighted by molar-refractivity contribution is 14.1. The summed E-state index contributed by atoms with van der Waals surface area (Å²) in [6, 6.07) is 7.46. The average molecular weight is 347 g/mol. The van der Waals surface area contributed by atoms with Crippen LogP contribution in [0.1, 0.15) is 19.8 Å². The van der Waals surface area contributed by atoms with Gasteiger partial charge in [0.15, 0.2) is 0 Å². The van der Waals surface area contributed by atoms with E-state index in [-0.39, 0.29) is 24.7 Å². The molecule has 1 amide bonds. The van der Waals surface area contributed by atoms with E-state index in [0.29, 0.717) is 0 Å². The molecule has 0 aliphatic carbocycles. The maximum Gasteiger partial charge on any atom is 0.303 e.